The van der Waals surface area contributed by atoms with Gasteiger partial charge in [0.1, 0.15) is 0 Å². The van der Waals surface area contributed by atoms with E-state index in [1.54, 1.807) is 0 Å². The first-order valence-electron chi connectivity index (χ1n) is 13.1. The van der Waals surface area contributed by atoms with Gasteiger partial charge in [0.25, 0.3) is 0 Å². The van der Waals surface area contributed by atoms with Crippen molar-refractivity contribution in [3.63, 3.8) is 0 Å². The molecule has 4 rings (SSSR count). The number of fused-ring (bicyclic) bond motifs is 5. The maximum absolute atomic E-state index is 12.2. The maximum atomic E-state index is 12.2. The van der Waals surface area contributed by atoms with Crippen LogP contribution in [0.1, 0.15) is 105 Å². The summed E-state index contributed by atoms with van der Waals surface area (Å²) in [5.74, 6) is 4.19. The summed E-state index contributed by atoms with van der Waals surface area (Å²) in [6, 6.07) is 0.231. The normalized spacial score (nSPS) is 46.6. The molecule has 0 aromatic carbocycles. The standard InChI is InChI=1S/C27H47NO2/c1-17(2)28-24(30)12-9-18(3)20-10-11-21-25-22(13-15-27(20,21)5)26(4)14-7-6-8-19(26)16-23(25)29/h17-23,25,29H,6-16H2,1-5H3,(H,28,30)/t18-,19?,20?,21?,22?,23+,25?,26?,27-/m1/s1. The van der Waals surface area contributed by atoms with Gasteiger partial charge in [-0.2, -0.15) is 0 Å². The van der Waals surface area contributed by atoms with Crippen LogP contribution in [0.25, 0.3) is 0 Å². The van der Waals surface area contributed by atoms with E-state index in [1.165, 1.54) is 51.4 Å². The van der Waals surface area contributed by atoms with Crippen LogP contribution < -0.4 is 5.32 Å². The van der Waals surface area contributed by atoms with Crippen molar-refractivity contribution in [1.29, 1.82) is 0 Å². The zero-order chi connectivity index (χ0) is 21.7. The monoisotopic (exact) mass is 417 g/mol. The van der Waals surface area contributed by atoms with E-state index in [2.05, 4.69) is 26.1 Å². The van der Waals surface area contributed by atoms with Crippen molar-refractivity contribution in [2.24, 2.45) is 46.3 Å². The van der Waals surface area contributed by atoms with Crippen LogP contribution >= 0.6 is 0 Å². The van der Waals surface area contributed by atoms with Crippen molar-refractivity contribution < 1.29 is 9.90 Å². The molecule has 4 saturated carbocycles. The van der Waals surface area contributed by atoms with E-state index in [4.69, 9.17) is 0 Å². The third kappa shape index (κ3) is 3.76. The zero-order valence-electron chi connectivity index (χ0n) is 20.3. The summed E-state index contributed by atoms with van der Waals surface area (Å²) < 4.78 is 0. The Morgan fingerprint density at radius 1 is 1.00 bits per heavy atom. The lowest BCUT2D eigenvalue weighted by atomic mass is 9.44. The van der Waals surface area contributed by atoms with Crippen molar-refractivity contribution in [3.05, 3.63) is 0 Å². The Kier molecular flexibility index (Phi) is 6.34. The van der Waals surface area contributed by atoms with E-state index < -0.39 is 0 Å². The number of rotatable bonds is 5. The largest absolute Gasteiger partial charge is 0.393 e. The summed E-state index contributed by atoms with van der Waals surface area (Å²) >= 11 is 0. The fraction of sp³-hybridized carbons (Fsp3) is 0.963. The molecule has 172 valence electrons. The SMILES string of the molecule is CC(C)NC(=O)CC[C@@H](C)C1CCC2C3C(CC[C@@]21C)C1(C)CCCCC1C[C@@H]3O. The van der Waals surface area contributed by atoms with E-state index in [-0.39, 0.29) is 18.1 Å². The number of nitrogens with one attached hydrogen (secondary N) is 1. The maximum Gasteiger partial charge on any atom is 0.220 e. The molecule has 3 heteroatoms. The van der Waals surface area contributed by atoms with Crippen molar-refractivity contribution in [3.8, 4) is 0 Å². The summed E-state index contributed by atoms with van der Waals surface area (Å²) in [7, 11) is 0. The van der Waals surface area contributed by atoms with Gasteiger partial charge in [0, 0.05) is 12.5 Å². The minimum Gasteiger partial charge on any atom is -0.393 e. The molecule has 0 aromatic rings. The molecule has 4 aliphatic rings. The summed E-state index contributed by atoms with van der Waals surface area (Å²) in [6.07, 6.45) is 13.4. The first-order valence-corrected chi connectivity index (χ1v) is 13.1. The summed E-state index contributed by atoms with van der Waals surface area (Å²) in [4.78, 5) is 12.2. The smallest absolute Gasteiger partial charge is 0.220 e. The molecule has 0 aromatic heterocycles. The Balaban J connectivity index is 1.47. The molecular formula is C27H47NO2. The Morgan fingerprint density at radius 2 is 1.73 bits per heavy atom. The van der Waals surface area contributed by atoms with Gasteiger partial charge < -0.3 is 10.4 Å². The zero-order valence-corrected chi connectivity index (χ0v) is 20.3. The molecule has 2 N–H and O–H groups in total. The third-order valence-corrected chi connectivity index (χ3v) is 10.6. The minimum atomic E-state index is -0.0818. The number of carbonyl (C=O) groups is 1. The van der Waals surface area contributed by atoms with Gasteiger partial charge in [-0.1, -0.05) is 33.6 Å². The van der Waals surface area contributed by atoms with E-state index >= 15 is 0 Å². The highest BCUT2D eigenvalue weighted by Crippen LogP contribution is 2.68. The molecule has 9 atom stereocenters. The van der Waals surface area contributed by atoms with Gasteiger partial charge in [0.15, 0.2) is 0 Å². The van der Waals surface area contributed by atoms with Gasteiger partial charge in [0.2, 0.25) is 5.91 Å². The highest BCUT2D eigenvalue weighted by molar-refractivity contribution is 5.76. The molecule has 30 heavy (non-hydrogen) atoms. The second kappa shape index (κ2) is 8.41. The second-order valence-electron chi connectivity index (χ2n) is 12.5. The lowest BCUT2D eigenvalue weighted by Crippen LogP contribution is -2.57. The van der Waals surface area contributed by atoms with Crippen molar-refractivity contribution >= 4 is 5.91 Å². The Hall–Kier alpha value is -0.570. The Morgan fingerprint density at radius 3 is 2.47 bits per heavy atom. The van der Waals surface area contributed by atoms with Gasteiger partial charge in [-0.25, -0.2) is 0 Å². The number of hydrogen-bond acceptors (Lipinski definition) is 2. The molecule has 3 nitrogen and oxygen atoms in total. The molecule has 0 saturated heterocycles. The highest BCUT2D eigenvalue weighted by atomic mass is 16.3. The fourth-order valence-electron chi connectivity index (χ4n) is 9.18. The van der Waals surface area contributed by atoms with Crippen molar-refractivity contribution in [1.82, 2.24) is 5.32 Å². The topological polar surface area (TPSA) is 49.3 Å². The molecule has 4 aliphatic carbocycles. The van der Waals surface area contributed by atoms with Crippen LogP contribution in [0.4, 0.5) is 0 Å². The molecular weight excluding hydrogens is 370 g/mol. The lowest BCUT2D eigenvalue weighted by molar-refractivity contribution is -0.164. The molecule has 0 spiro atoms. The van der Waals surface area contributed by atoms with Gasteiger partial charge >= 0.3 is 0 Å². The molecule has 0 aliphatic heterocycles. The minimum absolute atomic E-state index is 0.0818. The first kappa shape index (κ1) is 22.6. The number of hydrogen-bond donors (Lipinski definition) is 2. The first-order chi connectivity index (χ1) is 14.2. The second-order valence-corrected chi connectivity index (χ2v) is 12.5. The quantitative estimate of drug-likeness (QED) is 0.581. The van der Waals surface area contributed by atoms with Crippen LogP contribution in [0.5, 0.6) is 0 Å². The number of amides is 1. The van der Waals surface area contributed by atoms with Crippen LogP contribution in [0, 0.1) is 46.3 Å². The van der Waals surface area contributed by atoms with Crippen LogP contribution in [-0.4, -0.2) is 23.2 Å². The average Bonchev–Trinajstić information content (AvgIpc) is 3.03. The summed E-state index contributed by atoms with van der Waals surface area (Å²) in [6.45, 7) is 11.6. The lowest BCUT2D eigenvalue weighted by Gasteiger charge is -2.62. The molecule has 6 unspecified atom stereocenters. The van der Waals surface area contributed by atoms with E-state index in [0.717, 1.165) is 24.7 Å². The molecule has 4 fully saturated rings. The van der Waals surface area contributed by atoms with Gasteiger partial charge in [-0.3, -0.25) is 4.79 Å². The average molecular weight is 418 g/mol. The van der Waals surface area contributed by atoms with Crippen LogP contribution in [0.3, 0.4) is 0 Å². The predicted octanol–water partition coefficient (Wildman–Crippen LogP) is 5.95. The van der Waals surface area contributed by atoms with Crippen LogP contribution in [-0.2, 0) is 4.79 Å². The van der Waals surface area contributed by atoms with E-state index in [1.807, 2.05) is 13.8 Å². The van der Waals surface area contributed by atoms with Gasteiger partial charge in [-0.05, 0) is 112 Å². The van der Waals surface area contributed by atoms with Crippen molar-refractivity contribution in [2.45, 2.75) is 117 Å². The number of aliphatic hydroxyl groups excluding tert-OH is 1. The van der Waals surface area contributed by atoms with Gasteiger partial charge in [0.05, 0.1) is 6.10 Å². The molecule has 0 radical (unpaired) electrons. The van der Waals surface area contributed by atoms with E-state index in [9.17, 15) is 9.90 Å². The highest BCUT2D eigenvalue weighted by Gasteiger charge is 2.62. The Labute approximate surface area is 185 Å². The molecule has 0 bridgehead atoms. The number of aliphatic hydroxyl groups is 1. The van der Waals surface area contributed by atoms with Crippen LogP contribution in [0.15, 0.2) is 0 Å². The summed E-state index contributed by atoms with van der Waals surface area (Å²) in [5, 5.41) is 14.4. The summed E-state index contributed by atoms with van der Waals surface area (Å²) in [5.41, 5.74) is 0.829. The Bertz CT molecular complexity index is 632. The third-order valence-electron chi connectivity index (χ3n) is 10.6. The number of carbonyl (C=O) groups excluding carboxylic acids is 1. The fourth-order valence-corrected chi connectivity index (χ4v) is 9.18. The predicted molar refractivity (Wildman–Crippen MR) is 123 cm³/mol. The van der Waals surface area contributed by atoms with Gasteiger partial charge in [-0.15, -0.1) is 0 Å². The molecule has 0 heterocycles. The van der Waals surface area contributed by atoms with Crippen molar-refractivity contribution in [2.75, 3.05) is 0 Å². The van der Waals surface area contributed by atoms with Crippen LogP contribution in [0.2, 0.25) is 0 Å². The molecule has 1 amide bonds. The van der Waals surface area contributed by atoms with E-state index in [0.29, 0.717) is 40.9 Å².